The highest BCUT2D eigenvalue weighted by molar-refractivity contribution is 6.00. The van der Waals surface area contributed by atoms with Crippen LogP contribution >= 0.6 is 0 Å². The maximum absolute atomic E-state index is 13.8. The minimum atomic E-state index is -1.80. The summed E-state index contributed by atoms with van der Waals surface area (Å²) in [6.45, 7) is -0.00205. The van der Waals surface area contributed by atoms with Gasteiger partial charge in [0.05, 0.1) is 18.1 Å². The molecule has 0 bridgehead atoms. The fourth-order valence-corrected chi connectivity index (χ4v) is 4.16. The lowest BCUT2D eigenvalue weighted by Crippen LogP contribution is -2.44. The van der Waals surface area contributed by atoms with Gasteiger partial charge in [0.1, 0.15) is 5.82 Å². The number of benzene rings is 3. The summed E-state index contributed by atoms with van der Waals surface area (Å²) in [5.41, 5.74) is 1.04. The van der Waals surface area contributed by atoms with Crippen molar-refractivity contribution in [2.45, 2.75) is 12.3 Å². The number of methoxy groups -OCH3 is 1. The highest BCUT2D eigenvalue weighted by Crippen LogP contribution is 2.43. The number of hydrogen-bond acceptors (Lipinski definition) is 5. The molecule has 1 unspecified atom stereocenters. The van der Waals surface area contributed by atoms with Crippen LogP contribution < -0.4 is 5.32 Å². The van der Waals surface area contributed by atoms with Crippen molar-refractivity contribution >= 4 is 29.0 Å². The van der Waals surface area contributed by atoms with Crippen LogP contribution in [0, 0.1) is 5.82 Å². The number of ether oxygens (including phenoxy) is 1. The number of aliphatic hydroxyl groups is 1. The number of aromatic nitrogens is 2. The number of halogens is 1. The molecule has 1 atom stereocenters. The number of fused-ring (bicyclic) bond motifs is 2. The van der Waals surface area contributed by atoms with Crippen molar-refractivity contribution in [2.24, 2.45) is 0 Å². The van der Waals surface area contributed by atoms with Crippen molar-refractivity contribution < 1.29 is 23.8 Å². The predicted octanol–water partition coefficient (Wildman–Crippen LogP) is 3.73. The first-order valence-corrected chi connectivity index (χ1v) is 10.1. The minimum Gasteiger partial charge on any atom is -0.453 e. The van der Waals surface area contributed by atoms with Gasteiger partial charge in [-0.25, -0.2) is 14.2 Å². The first kappa shape index (κ1) is 20.7. The maximum atomic E-state index is 13.8. The molecule has 3 N–H and O–H groups in total. The summed E-state index contributed by atoms with van der Waals surface area (Å²) in [5, 5.41) is 14.5. The van der Waals surface area contributed by atoms with Crippen LogP contribution in [0.3, 0.4) is 0 Å². The van der Waals surface area contributed by atoms with Crippen LogP contribution in [-0.4, -0.2) is 39.1 Å². The van der Waals surface area contributed by atoms with Gasteiger partial charge in [-0.3, -0.25) is 15.0 Å². The number of hydrogen-bond donors (Lipinski definition) is 3. The molecule has 1 aliphatic rings. The van der Waals surface area contributed by atoms with Crippen molar-refractivity contribution in [2.75, 3.05) is 12.4 Å². The normalized spacial score (nSPS) is 17.3. The molecule has 4 aromatic rings. The van der Waals surface area contributed by atoms with Gasteiger partial charge in [0.2, 0.25) is 5.95 Å². The number of amides is 2. The number of nitrogens with zero attached hydrogens (tertiary/aromatic N) is 2. The highest BCUT2D eigenvalue weighted by Gasteiger charge is 2.49. The third kappa shape index (κ3) is 3.39. The lowest BCUT2D eigenvalue weighted by Gasteiger charge is -2.35. The Labute approximate surface area is 187 Å². The first-order valence-electron chi connectivity index (χ1n) is 10.1. The van der Waals surface area contributed by atoms with E-state index in [1.165, 1.54) is 24.1 Å². The molecular formula is C24H19FN4O4. The van der Waals surface area contributed by atoms with Crippen LogP contribution in [0.25, 0.3) is 11.0 Å². The zero-order chi connectivity index (χ0) is 23.2. The summed E-state index contributed by atoms with van der Waals surface area (Å²) in [5.74, 6) is -0.611. The van der Waals surface area contributed by atoms with Crippen molar-refractivity contribution in [3.8, 4) is 0 Å². The zero-order valence-electron chi connectivity index (χ0n) is 17.5. The molecule has 2 heterocycles. The van der Waals surface area contributed by atoms with E-state index in [0.717, 1.165) is 0 Å². The third-order valence-electron chi connectivity index (χ3n) is 5.69. The van der Waals surface area contributed by atoms with Crippen molar-refractivity contribution in [3.63, 3.8) is 0 Å². The van der Waals surface area contributed by atoms with Gasteiger partial charge >= 0.3 is 6.09 Å². The van der Waals surface area contributed by atoms with Crippen LogP contribution in [0.5, 0.6) is 0 Å². The minimum absolute atomic E-state index is 0.00205. The Bertz CT molecular complexity index is 1400. The van der Waals surface area contributed by atoms with E-state index in [0.29, 0.717) is 33.3 Å². The standard InChI is InChI=1S/C24H19FN4O4/c1-33-23(31)28-22-26-19-10-9-15(12-20(19)27-22)24(32)18-8-3-2-7-17(18)21(30)29(24)13-14-5-4-6-16(25)11-14/h2-12,32H,13H2,1H3,(H2,26,27,28,31). The number of carbonyl (C=O) groups is 2. The quantitative estimate of drug-likeness (QED) is 0.443. The molecule has 33 heavy (non-hydrogen) atoms. The largest absolute Gasteiger partial charge is 0.453 e. The van der Waals surface area contributed by atoms with E-state index in [2.05, 4.69) is 20.0 Å². The lowest BCUT2D eigenvalue weighted by molar-refractivity contribution is -0.0542. The van der Waals surface area contributed by atoms with Gasteiger partial charge in [-0.2, -0.15) is 0 Å². The number of H-pyrrole nitrogens is 1. The van der Waals surface area contributed by atoms with Crippen LogP contribution in [0.2, 0.25) is 0 Å². The van der Waals surface area contributed by atoms with E-state index >= 15 is 0 Å². The summed E-state index contributed by atoms with van der Waals surface area (Å²) >= 11 is 0. The highest BCUT2D eigenvalue weighted by atomic mass is 19.1. The van der Waals surface area contributed by atoms with E-state index < -0.39 is 17.6 Å². The Kier molecular flexibility index (Phi) is 4.83. The van der Waals surface area contributed by atoms with Crippen molar-refractivity contribution in [1.82, 2.24) is 14.9 Å². The van der Waals surface area contributed by atoms with Gasteiger partial charge in [-0.15, -0.1) is 0 Å². The van der Waals surface area contributed by atoms with Crippen LogP contribution in [0.1, 0.15) is 27.0 Å². The van der Waals surface area contributed by atoms with E-state index in [-0.39, 0.29) is 18.4 Å². The summed E-state index contributed by atoms with van der Waals surface area (Å²) in [6.07, 6.45) is -0.676. The SMILES string of the molecule is COC(=O)Nc1nc2ccc(C3(O)c4ccccc4C(=O)N3Cc3cccc(F)c3)cc2[nH]1. The van der Waals surface area contributed by atoms with E-state index in [9.17, 15) is 19.1 Å². The van der Waals surface area contributed by atoms with E-state index in [1.807, 2.05) is 0 Å². The molecule has 0 aliphatic carbocycles. The molecule has 0 spiro atoms. The Morgan fingerprint density at radius 2 is 2.00 bits per heavy atom. The van der Waals surface area contributed by atoms with Gasteiger partial charge in [0.15, 0.2) is 5.72 Å². The average Bonchev–Trinajstić information content (AvgIpc) is 3.31. The molecule has 8 nitrogen and oxygen atoms in total. The number of imidazole rings is 1. The number of carbonyl (C=O) groups excluding carboxylic acids is 2. The molecule has 0 saturated heterocycles. The zero-order valence-corrected chi connectivity index (χ0v) is 17.5. The summed E-state index contributed by atoms with van der Waals surface area (Å²) in [6, 6.07) is 17.7. The fraction of sp³-hybridized carbons (Fsp3) is 0.125. The van der Waals surface area contributed by atoms with E-state index in [4.69, 9.17) is 0 Å². The second-order valence-corrected chi connectivity index (χ2v) is 7.67. The molecule has 1 aromatic heterocycles. The molecular weight excluding hydrogens is 427 g/mol. The Morgan fingerprint density at radius 1 is 1.18 bits per heavy atom. The van der Waals surface area contributed by atoms with Crippen molar-refractivity contribution in [1.29, 1.82) is 0 Å². The second kappa shape index (κ2) is 7.72. The summed E-state index contributed by atoms with van der Waals surface area (Å²) < 4.78 is 18.4. The van der Waals surface area contributed by atoms with Gasteiger partial charge in [-0.1, -0.05) is 36.4 Å². The van der Waals surface area contributed by atoms with E-state index in [1.54, 1.807) is 54.6 Å². The molecule has 166 valence electrons. The maximum Gasteiger partial charge on any atom is 0.413 e. The van der Waals surface area contributed by atoms with Gasteiger partial charge in [0, 0.05) is 23.2 Å². The monoisotopic (exact) mass is 446 g/mol. The molecule has 1 aliphatic heterocycles. The third-order valence-corrected chi connectivity index (χ3v) is 5.69. The molecule has 9 heteroatoms. The first-order chi connectivity index (χ1) is 15.9. The van der Waals surface area contributed by atoms with Crippen molar-refractivity contribution in [3.05, 3.63) is 94.8 Å². The molecule has 5 rings (SSSR count). The van der Waals surface area contributed by atoms with Gasteiger partial charge < -0.3 is 14.8 Å². The van der Waals surface area contributed by atoms with Crippen LogP contribution in [0.4, 0.5) is 15.1 Å². The smallest absolute Gasteiger partial charge is 0.413 e. The Balaban J connectivity index is 1.61. The lowest BCUT2D eigenvalue weighted by atomic mass is 9.93. The number of nitrogens with one attached hydrogen (secondary N) is 2. The molecule has 2 amide bonds. The Hall–Kier alpha value is -4.24. The number of rotatable bonds is 4. The van der Waals surface area contributed by atoms with Crippen LogP contribution in [0.15, 0.2) is 66.7 Å². The molecule has 3 aromatic carbocycles. The summed E-state index contributed by atoms with van der Waals surface area (Å²) in [4.78, 5) is 33.3. The predicted molar refractivity (Wildman–Crippen MR) is 118 cm³/mol. The average molecular weight is 446 g/mol. The van der Waals surface area contributed by atoms with Gasteiger partial charge in [-0.05, 0) is 35.9 Å². The van der Waals surface area contributed by atoms with Crippen LogP contribution in [-0.2, 0) is 17.0 Å². The summed E-state index contributed by atoms with van der Waals surface area (Å²) in [7, 11) is 1.24. The topological polar surface area (TPSA) is 108 Å². The second-order valence-electron chi connectivity index (χ2n) is 7.67. The number of aromatic amines is 1. The Morgan fingerprint density at radius 3 is 2.79 bits per heavy atom. The van der Waals surface area contributed by atoms with Gasteiger partial charge in [0.25, 0.3) is 5.91 Å². The molecule has 0 fully saturated rings. The molecule has 0 saturated carbocycles. The fourth-order valence-electron chi connectivity index (χ4n) is 4.16. The number of anilines is 1. The molecule has 0 radical (unpaired) electrons.